The molecule has 0 saturated heterocycles. The highest BCUT2D eigenvalue weighted by Gasteiger charge is 2.25. The van der Waals surface area contributed by atoms with Crippen LogP contribution in [0.15, 0.2) is 78.9 Å². The van der Waals surface area contributed by atoms with E-state index in [9.17, 15) is 9.59 Å². The third-order valence-corrected chi connectivity index (χ3v) is 4.62. The maximum Gasteiger partial charge on any atom is 0.418 e. The van der Waals surface area contributed by atoms with E-state index in [1.807, 2.05) is 79.7 Å². The molecular weight excluding hydrogens is 392 g/mol. The van der Waals surface area contributed by atoms with Gasteiger partial charge in [-0.15, -0.1) is 0 Å². The molecule has 3 aromatic carbocycles. The van der Waals surface area contributed by atoms with Crippen LogP contribution in [0.1, 0.15) is 19.4 Å². The van der Waals surface area contributed by atoms with Gasteiger partial charge in [0.1, 0.15) is 0 Å². The fraction of sp³-hybridized carbons (Fsp3) is 0.200. The van der Waals surface area contributed by atoms with E-state index in [1.54, 1.807) is 19.9 Å². The first kappa shape index (κ1) is 21.9. The maximum atomic E-state index is 12.9. The van der Waals surface area contributed by atoms with Crippen molar-refractivity contribution in [1.29, 1.82) is 0 Å². The fourth-order valence-electron chi connectivity index (χ4n) is 3.21. The maximum absolute atomic E-state index is 12.9. The highest BCUT2D eigenvalue weighted by molar-refractivity contribution is 6.00. The Morgan fingerprint density at radius 1 is 0.677 bits per heavy atom. The van der Waals surface area contributed by atoms with E-state index in [4.69, 9.17) is 9.47 Å². The van der Waals surface area contributed by atoms with Gasteiger partial charge < -0.3 is 9.47 Å². The molecular formula is C25H26N2O4. The first-order chi connectivity index (χ1) is 15.1. The van der Waals surface area contributed by atoms with Gasteiger partial charge in [0.05, 0.1) is 36.0 Å². The van der Waals surface area contributed by atoms with Crippen molar-refractivity contribution in [3.63, 3.8) is 0 Å². The first-order valence-corrected chi connectivity index (χ1v) is 10.2. The lowest BCUT2D eigenvalue weighted by Gasteiger charge is -2.27. The summed E-state index contributed by atoms with van der Waals surface area (Å²) in [6.07, 6.45) is -0.984. The number of hydrogen-bond acceptors (Lipinski definition) is 4. The van der Waals surface area contributed by atoms with Crippen molar-refractivity contribution >= 4 is 34.9 Å². The monoisotopic (exact) mass is 418 g/mol. The number of rotatable bonds is 6. The summed E-state index contributed by atoms with van der Waals surface area (Å²) in [5.41, 5.74) is 3.39. The molecule has 3 rings (SSSR count). The van der Waals surface area contributed by atoms with Crippen molar-refractivity contribution in [1.82, 2.24) is 0 Å². The number of para-hydroxylation sites is 2. The molecule has 3 aromatic rings. The number of hydrogen-bond donors (Lipinski definition) is 0. The minimum Gasteiger partial charge on any atom is -0.449 e. The molecule has 0 aliphatic heterocycles. The lowest BCUT2D eigenvalue weighted by atomic mass is 10.1. The SMILES string of the molecule is CCOC(=O)N(c1ccccc1)c1ccc(C)c(N(C(=O)OCC)c2ccccc2)c1. The van der Waals surface area contributed by atoms with Crippen molar-refractivity contribution in [2.75, 3.05) is 23.0 Å². The van der Waals surface area contributed by atoms with Crippen molar-refractivity contribution in [2.24, 2.45) is 0 Å². The Kier molecular flexibility index (Phi) is 7.27. The normalized spacial score (nSPS) is 10.3. The molecule has 31 heavy (non-hydrogen) atoms. The van der Waals surface area contributed by atoms with Crippen molar-refractivity contribution in [3.8, 4) is 0 Å². The van der Waals surface area contributed by atoms with Gasteiger partial charge in [-0.05, 0) is 62.7 Å². The van der Waals surface area contributed by atoms with E-state index in [0.29, 0.717) is 22.7 Å². The van der Waals surface area contributed by atoms with Gasteiger partial charge in [-0.1, -0.05) is 42.5 Å². The highest BCUT2D eigenvalue weighted by atomic mass is 16.6. The summed E-state index contributed by atoms with van der Waals surface area (Å²) in [6.45, 7) is 5.94. The minimum atomic E-state index is -0.495. The third kappa shape index (κ3) is 5.04. The molecule has 0 saturated carbocycles. The highest BCUT2D eigenvalue weighted by Crippen LogP contribution is 2.35. The van der Waals surface area contributed by atoms with Crippen LogP contribution in [0.5, 0.6) is 0 Å². The second-order valence-electron chi connectivity index (χ2n) is 6.71. The number of aryl methyl sites for hydroxylation is 1. The predicted octanol–water partition coefficient (Wildman–Crippen LogP) is 6.58. The Bertz CT molecular complexity index is 1020. The summed E-state index contributed by atoms with van der Waals surface area (Å²) in [4.78, 5) is 28.7. The Hall–Kier alpha value is -3.80. The molecule has 0 unspecified atom stereocenters. The molecule has 2 amide bonds. The lowest BCUT2D eigenvalue weighted by Crippen LogP contribution is -2.29. The largest absolute Gasteiger partial charge is 0.449 e. The number of ether oxygens (including phenoxy) is 2. The molecule has 0 atom stereocenters. The van der Waals surface area contributed by atoms with Gasteiger partial charge in [-0.3, -0.25) is 0 Å². The van der Waals surface area contributed by atoms with Crippen molar-refractivity contribution in [3.05, 3.63) is 84.4 Å². The first-order valence-electron chi connectivity index (χ1n) is 10.2. The Labute approximate surface area is 182 Å². The number of benzene rings is 3. The molecule has 0 aliphatic rings. The molecule has 0 fully saturated rings. The fourth-order valence-corrected chi connectivity index (χ4v) is 3.21. The van der Waals surface area contributed by atoms with Crippen LogP contribution in [0, 0.1) is 6.92 Å². The molecule has 0 bridgehead atoms. The van der Waals surface area contributed by atoms with E-state index >= 15 is 0 Å². The summed E-state index contributed by atoms with van der Waals surface area (Å²) < 4.78 is 10.6. The zero-order chi connectivity index (χ0) is 22.2. The molecule has 160 valence electrons. The van der Waals surface area contributed by atoms with Crippen LogP contribution in [-0.4, -0.2) is 25.4 Å². The zero-order valence-electron chi connectivity index (χ0n) is 17.9. The summed E-state index contributed by atoms with van der Waals surface area (Å²) in [5, 5.41) is 0. The number of nitrogens with zero attached hydrogens (tertiary/aromatic N) is 2. The number of anilines is 4. The van der Waals surface area contributed by atoms with Gasteiger partial charge in [-0.2, -0.15) is 0 Å². The van der Waals surface area contributed by atoms with Crippen LogP contribution in [0.4, 0.5) is 32.3 Å². The standard InChI is InChI=1S/C25H26N2O4/c1-4-30-24(28)26(20-12-8-6-9-13-20)22-17-16-19(3)23(18-22)27(25(29)31-5-2)21-14-10-7-11-15-21/h6-18H,4-5H2,1-3H3. The summed E-state index contributed by atoms with van der Waals surface area (Å²) in [7, 11) is 0. The Balaban J connectivity index is 2.13. The van der Waals surface area contributed by atoms with Gasteiger partial charge in [-0.25, -0.2) is 19.4 Å². The van der Waals surface area contributed by atoms with Crippen LogP contribution < -0.4 is 9.80 Å². The number of amides is 2. The van der Waals surface area contributed by atoms with Gasteiger partial charge >= 0.3 is 12.2 Å². The van der Waals surface area contributed by atoms with Crippen LogP contribution >= 0.6 is 0 Å². The number of carbonyl (C=O) groups is 2. The van der Waals surface area contributed by atoms with Crippen LogP contribution in [0.25, 0.3) is 0 Å². The average Bonchev–Trinajstić information content (AvgIpc) is 2.78. The van der Waals surface area contributed by atoms with Crippen molar-refractivity contribution < 1.29 is 19.1 Å². The van der Waals surface area contributed by atoms with Crippen LogP contribution in [0.2, 0.25) is 0 Å². The zero-order valence-corrected chi connectivity index (χ0v) is 17.9. The van der Waals surface area contributed by atoms with Gasteiger partial charge in [0, 0.05) is 0 Å². The van der Waals surface area contributed by atoms with Crippen molar-refractivity contribution in [2.45, 2.75) is 20.8 Å². The molecule has 6 heteroatoms. The van der Waals surface area contributed by atoms with E-state index in [2.05, 4.69) is 0 Å². The van der Waals surface area contributed by atoms with Gasteiger partial charge in [0.15, 0.2) is 0 Å². The molecule has 0 radical (unpaired) electrons. The molecule has 0 spiro atoms. The molecule has 0 aliphatic carbocycles. The summed E-state index contributed by atoms with van der Waals surface area (Å²) in [6, 6.07) is 24.0. The second kappa shape index (κ2) is 10.3. The van der Waals surface area contributed by atoms with Crippen LogP contribution in [0.3, 0.4) is 0 Å². The molecule has 0 heterocycles. The smallest absolute Gasteiger partial charge is 0.418 e. The van der Waals surface area contributed by atoms with E-state index in [1.165, 1.54) is 9.80 Å². The Morgan fingerprint density at radius 2 is 1.16 bits per heavy atom. The molecule has 6 nitrogen and oxygen atoms in total. The predicted molar refractivity (Wildman–Crippen MR) is 122 cm³/mol. The average molecular weight is 418 g/mol. The van der Waals surface area contributed by atoms with Gasteiger partial charge in [0.25, 0.3) is 0 Å². The Morgan fingerprint density at radius 3 is 1.68 bits per heavy atom. The summed E-state index contributed by atoms with van der Waals surface area (Å²) in [5.74, 6) is 0. The van der Waals surface area contributed by atoms with Crippen LogP contribution in [-0.2, 0) is 9.47 Å². The van der Waals surface area contributed by atoms with E-state index < -0.39 is 12.2 Å². The van der Waals surface area contributed by atoms with E-state index in [0.717, 1.165) is 5.56 Å². The topological polar surface area (TPSA) is 59.1 Å². The molecule has 0 aromatic heterocycles. The third-order valence-electron chi connectivity index (χ3n) is 4.62. The van der Waals surface area contributed by atoms with E-state index in [-0.39, 0.29) is 13.2 Å². The quantitative estimate of drug-likeness (QED) is 0.453. The molecule has 0 N–H and O–H groups in total. The van der Waals surface area contributed by atoms with Gasteiger partial charge in [0.2, 0.25) is 0 Å². The minimum absolute atomic E-state index is 0.250. The summed E-state index contributed by atoms with van der Waals surface area (Å²) >= 11 is 0. The second-order valence-corrected chi connectivity index (χ2v) is 6.71. The number of carbonyl (C=O) groups excluding carboxylic acids is 2. The lowest BCUT2D eigenvalue weighted by molar-refractivity contribution is 0.162.